The van der Waals surface area contributed by atoms with Crippen LogP contribution in [0.3, 0.4) is 0 Å². The van der Waals surface area contributed by atoms with Crippen molar-refractivity contribution in [2.24, 2.45) is 11.5 Å². The number of rotatable bonds is 6. The molecule has 0 aliphatic heterocycles. The fourth-order valence-electron chi connectivity index (χ4n) is 0.634. The van der Waals surface area contributed by atoms with E-state index in [1.807, 2.05) is 13.8 Å². The molecule has 0 aromatic rings. The molecule has 0 aromatic carbocycles. The quantitative estimate of drug-likeness (QED) is 0.683. The minimum atomic E-state index is -0.682. The first kappa shape index (κ1) is 17.0. The zero-order valence-corrected chi connectivity index (χ0v) is 10.0. The molecule has 0 aliphatic rings. The highest BCUT2D eigenvalue weighted by Crippen LogP contribution is 1.86. The summed E-state index contributed by atoms with van der Waals surface area (Å²) >= 11 is 0. The van der Waals surface area contributed by atoms with Crippen molar-refractivity contribution in [3.63, 3.8) is 0 Å². The van der Waals surface area contributed by atoms with Crippen molar-refractivity contribution in [2.75, 3.05) is 13.2 Å². The zero-order valence-electron chi connectivity index (χ0n) is 10.0. The van der Waals surface area contributed by atoms with E-state index in [4.69, 9.17) is 0 Å². The normalized spacial score (nSPS) is 8.62. The number of amides is 2. The molecule has 6 heteroatoms. The van der Waals surface area contributed by atoms with Crippen molar-refractivity contribution in [3.8, 4) is 0 Å². The molecular weight excluding hydrogens is 212 g/mol. The molecule has 0 saturated heterocycles. The molecule has 0 heterocycles. The van der Waals surface area contributed by atoms with Crippen molar-refractivity contribution in [1.29, 1.82) is 0 Å². The van der Waals surface area contributed by atoms with E-state index < -0.39 is 12.2 Å². The third kappa shape index (κ3) is 22.9. The molecule has 0 aromatic heterocycles. The summed E-state index contributed by atoms with van der Waals surface area (Å²) in [4.78, 5) is 19.7. The fourth-order valence-corrected chi connectivity index (χ4v) is 0.634. The SMILES string of the molecule is CCCCOC(N)=O.CCCCOC(N)=O. The van der Waals surface area contributed by atoms with Crippen LogP contribution in [-0.2, 0) is 9.47 Å². The molecule has 0 unspecified atom stereocenters. The van der Waals surface area contributed by atoms with Crippen LogP contribution < -0.4 is 11.5 Å². The Morgan fingerprint density at radius 3 is 1.38 bits per heavy atom. The van der Waals surface area contributed by atoms with Crippen LogP contribution in [-0.4, -0.2) is 25.4 Å². The highest BCUT2D eigenvalue weighted by molar-refractivity contribution is 5.64. The third-order valence-corrected chi connectivity index (χ3v) is 1.48. The average molecular weight is 234 g/mol. The van der Waals surface area contributed by atoms with E-state index in [2.05, 4.69) is 20.9 Å². The van der Waals surface area contributed by atoms with Gasteiger partial charge in [0.2, 0.25) is 0 Å². The van der Waals surface area contributed by atoms with Crippen LogP contribution in [0.15, 0.2) is 0 Å². The third-order valence-electron chi connectivity index (χ3n) is 1.48. The average Bonchev–Trinajstić information content (AvgIpc) is 2.18. The van der Waals surface area contributed by atoms with Crippen molar-refractivity contribution < 1.29 is 19.1 Å². The van der Waals surface area contributed by atoms with Gasteiger partial charge in [0, 0.05) is 0 Å². The first-order valence-electron chi connectivity index (χ1n) is 5.39. The molecule has 0 bridgehead atoms. The lowest BCUT2D eigenvalue weighted by Crippen LogP contribution is -2.13. The predicted molar refractivity (Wildman–Crippen MR) is 60.9 cm³/mol. The van der Waals surface area contributed by atoms with Gasteiger partial charge in [-0.1, -0.05) is 26.7 Å². The summed E-state index contributed by atoms with van der Waals surface area (Å²) in [6, 6.07) is 0. The largest absolute Gasteiger partial charge is 0.450 e. The first-order valence-corrected chi connectivity index (χ1v) is 5.39. The van der Waals surface area contributed by atoms with Gasteiger partial charge in [0.25, 0.3) is 0 Å². The van der Waals surface area contributed by atoms with E-state index in [0.29, 0.717) is 13.2 Å². The fraction of sp³-hybridized carbons (Fsp3) is 0.800. The Kier molecular flexibility index (Phi) is 14.3. The molecule has 4 N–H and O–H groups in total. The van der Waals surface area contributed by atoms with Crippen molar-refractivity contribution >= 4 is 12.2 Å². The Labute approximate surface area is 96.3 Å². The molecule has 0 saturated carbocycles. The maximum absolute atomic E-state index is 9.87. The number of hydrogen-bond acceptors (Lipinski definition) is 4. The minimum Gasteiger partial charge on any atom is -0.450 e. The van der Waals surface area contributed by atoms with Gasteiger partial charge in [-0.2, -0.15) is 0 Å². The summed E-state index contributed by atoms with van der Waals surface area (Å²) in [7, 11) is 0. The highest BCUT2D eigenvalue weighted by Gasteiger charge is 1.89. The Morgan fingerprint density at radius 2 is 1.19 bits per heavy atom. The summed E-state index contributed by atoms with van der Waals surface area (Å²) < 4.78 is 8.84. The zero-order chi connectivity index (χ0) is 12.8. The van der Waals surface area contributed by atoms with Gasteiger partial charge in [-0.15, -0.1) is 0 Å². The minimum absolute atomic E-state index is 0.450. The summed E-state index contributed by atoms with van der Waals surface area (Å²) in [5.74, 6) is 0. The number of hydrogen-bond donors (Lipinski definition) is 2. The van der Waals surface area contributed by atoms with Crippen LogP contribution in [0.4, 0.5) is 9.59 Å². The maximum atomic E-state index is 9.87. The van der Waals surface area contributed by atoms with Gasteiger partial charge in [0.05, 0.1) is 13.2 Å². The lowest BCUT2D eigenvalue weighted by Gasteiger charge is -1.95. The molecule has 0 rings (SSSR count). The van der Waals surface area contributed by atoms with E-state index in [1.165, 1.54) is 0 Å². The first-order chi connectivity index (χ1) is 7.54. The van der Waals surface area contributed by atoms with E-state index >= 15 is 0 Å². The van der Waals surface area contributed by atoms with E-state index in [1.54, 1.807) is 0 Å². The van der Waals surface area contributed by atoms with Crippen LogP contribution in [0, 0.1) is 0 Å². The second-order valence-corrected chi connectivity index (χ2v) is 3.04. The smallest absolute Gasteiger partial charge is 0.404 e. The lowest BCUT2D eigenvalue weighted by molar-refractivity contribution is 0.154. The lowest BCUT2D eigenvalue weighted by atomic mass is 10.4. The Balaban J connectivity index is 0. The van der Waals surface area contributed by atoms with Gasteiger partial charge in [-0.25, -0.2) is 9.59 Å². The van der Waals surface area contributed by atoms with Crippen LogP contribution >= 0.6 is 0 Å². The summed E-state index contributed by atoms with van der Waals surface area (Å²) in [6.45, 7) is 4.94. The number of ether oxygens (including phenoxy) is 2. The van der Waals surface area contributed by atoms with Crippen LogP contribution in [0.5, 0.6) is 0 Å². The molecule has 0 atom stereocenters. The molecular formula is C10H22N2O4. The molecule has 0 spiro atoms. The van der Waals surface area contributed by atoms with E-state index in [-0.39, 0.29) is 0 Å². The number of nitrogens with two attached hydrogens (primary N) is 2. The molecule has 2 amide bonds. The highest BCUT2D eigenvalue weighted by atomic mass is 16.5. The molecule has 96 valence electrons. The summed E-state index contributed by atoms with van der Waals surface area (Å²) in [6.07, 6.45) is 2.46. The molecule has 6 nitrogen and oxygen atoms in total. The second kappa shape index (κ2) is 13.5. The Morgan fingerprint density at radius 1 is 0.875 bits per heavy atom. The van der Waals surface area contributed by atoms with Crippen molar-refractivity contribution in [3.05, 3.63) is 0 Å². The van der Waals surface area contributed by atoms with Gasteiger partial charge in [0.15, 0.2) is 0 Å². The van der Waals surface area contributed by atoms with Gasteiger partial charge in [0.1, 0.15) is 0 Å². The number of carbonyl (C=O) groups excluding carboxylic acids is 2. The summed E-state index contributed by atoms with van der Waals surface area (Å²) in [5.41, 5.74) is 9.34. The molecule has 16 heavy (non-hydrogen) atoms. The Hall–Kier alpha value is -1.46. The van der Waals surface area contributed by atoms with E-state index in [0.717, 1.165) is 25.7 Å². The van der Waals surface area contributed by atoms with Crippen LogP contribution in [0.1, 0.15) is 39.5 Å². The molecule has 0 radical (unpaired) electrons. The van der Waals surface area contributed by atoms with Gasteiger partial charge in [-0.3, -0.25) is 0 Å². The van der Waals surface area contributed by atoms with Crippen molar-refractivity contribution in [2.45, 2.75) is 39.5 Å². The standard InChI is InChI=1S/2C5H11NO2/c2*1-2-3-4-8-5(6)7/h2*2-4H2,1H3,(H2,6,7). The molecule has 0 fully saturated rings. The van der Waals surface area contributed by atoms with Gasteiger partial charge >= 0.3 is 12.2 Å². The van der Waals surface area contributed by atoms with Crippen molar-refractivity contribution in [1.82, 2.24) is 0 Å². The number of carbonyl (C=O) groups is 2. The topological polar surface area (TPSA) is 105 Å². The maximum Gasteiger partial charge on any atom is 0.404 e. The summed E-state index contributed by atoms with van der Waals surface area (Å²) in [5, 5.41) is 0. The number of primary amides is 2. The van der Waals surface area contributed by atoms with Gasteiger partial charge < -0.3 is 20.9 Å². The second-order valence-electron chi connectivity index (χ2n) is 3.04. The van der Waals surface area contributed by atoms with Crippen LogP contribution in [0.2, 0.25) is 0 Å². The Bertz CT molecular complexity index is 166. The predicted octanol–water partition coefficient (Wildman–Crippen LogP) is 1.76. The monoisotopic (exact) mass is 234 g/mol. The number of unbranched alkanes of at least 4 members (excludes halogenated alkanes) is 2. The van der Waals surface area contributed by atoms with E-state index in [9.17, 15) is 9.59 Å². The van der Waals surface area contributed by atoms with Gasteiger partial charge in [-0.05, 0) is 12.8 Å². The van der Waals surface area contributed by atoms with Crippen LogP contribution in [0.25, 0.3) is 0 Å². The molecule has 0 aliphatic carbocycles.